The number of aromatic nitrogens is 1. The molecule has 0 bridgehead atoms. The van der Waals surface area contributed by atoms with Crippen LogP contribution in [0.4, 0.5) is 5.13 Å². The molecule has 19 heavy (non-hydrogen) atoms. The molecule has 0 saturated carbocycles. The van der Waals surface area contributed by atoms with Gasteiger partial charge in [0.25, 0.3) is 0 Å². The number of hydrogen-bond donors (Lipinski definition) is 0. The minimum absolute atomic E-state index is 0.101. The topological polar surface area (TPSA) is 82.0 Å². The van der Waals surface area contributed by atoms with Crippen LogP contribution in [0.5, 0.6) is 0 Å². The second-order valence-electron chi connectivity index (χ2n) is 5.06. The third kappa shape index (κ3) is 2.43. The zero-order chi connectivity index (χ0) is 13.2. The van der Waals surface area contributed by atoms with Gasteiger partial charge in [0.1, 0.15) is 0 Å². The van der Waals surface area contributed by atoms with Crippen molar-refractivity contribution >= 4 is 22.4 Å². The third-order valence-electron chi connectivity index (χ3n) is 3.67. The van der Waals surface area contributed by atoms with Crippen molar-refractivity contribution in [2.75, 3.05) is 18.0 Å². The predicted octanol–water partition coefficient (Wildman–Crippen LogP) is 2.69. The summed E-state index contributed by atoms with van der Waals surface area (Å²) in [4.78, 5) is 22.5. The molecule has 3 rings (SSSR count). The van der Waals surface area contributed by atoms with Gasteiger partial charge in [-0.25, -0.2) is 4.98 Å². The predicted molar refractivity (Wildman–Crippen MR) is 73.2 cm³/mol. The molecule has 1 aromatic rings. The first-order chi connectivity index (χ1) is 9.28. The first-order valence-corrected chi connectivity index (χ1v) is 7.39. The SMILES string of the molecule is [N-]=[N+]=NCC1CC(=O)N(c2nc3c(s2)CCCC3)C1. The van der Waals surface area contributed by atoms with Gasteiger partial charge in [0.05, 0.1) is 5.69 Å². The van der Waals surface area contributed by atoms with Crippen LogP contribution in [0.15, 0.2) is 5.11 Å². The number of azide groups is 1. The van der Waals surface area contributed by atoms with Crippen LogP contribution in [0.1, 0.15) is 29.8 Å². The van der Waals surface area contributed by atoms with Gasteiger partial charge in [-0.2, -0.15) is 0 Å². The summed E-state index contributed by atoms with van der Waals surface area (Å²) in [5, 5.41) is 4.40. The fraction of sp³-hybridized carbons (Fsp3) is 0.667. The fourth-order valence-electron chi connectivity index (χ4n) is 2.69. The summed E-state index contributed by atoms with van der Waals surface area (Å²) in [5.41, 5.74) is 9.51. The van der Waals surface area contributed by atoms with E-state index in [9.17, 15) is 4.79 Å². The van der Waals surface area contributed by atoms with Crippen molar-refractivity contribution in [1.29, 1.82) is 0 Å². The summed E-state index contributed by atoms with van der Waals surface area (Å²) in [5.74, 6) is 0.230. The van der Waals surface area contributed by atoms with Crippen molar-refractivity contribution in [3.05, 3.63) is 21.0 Å². The average Bonchev–Trinajstić information content (AvgIpc) is 2.99. The van der Waals surface area contributed by atoms with Gasteiger partial charge in [-0.15, -0.1) is 11.3 Å². The van der Waals surface area contributed by atoms with Crippen molar-refractivity contribution in [1.82, 2.24) is 4.98 Å². The number of rotatable bonds is 3. The Labute approximate surface area is 115 Å². The van der Waals surface area contributed by atoms with E-state index in [2.05, 4.69) is 15.0 Å². The van der Waals surface area contributed by atoms with Gasteiger partial charge < -0.3 is 0 Å². The summed E-state index contributed by atoms with van der Waals surface area (Å²) in [7, 11) is 0. The van der Waals surface area contributed by atoms with Crippen molar-refractivity contribution in [2.24, 2.45) is 11.0 Å². The zero-order valence-electron chi connectivity index (χ0n) is 10.6. The van der Waals surface area contributed by atoms with Crippen LogP contribution in [0, 0.1) is 5.92 Å². The molecule has 100 valence electrons. The maximum atomic E-state index is 12.0. The van der Waals surface area contributed by atoms with Gasteiger partial charge in [-0.1, -0.05) is 5.11 Å². The zero-order valence-corrected chi connectivity index (χ0v) is 11.4. The molecule has 7 heteroatoms. The molecule has 1 saturated heterocycles. The van der Waals surface area contributed by atoms with E-state index in [1.54, 1.807) is 16.2 Å². The normalized spacial score (nSPS) is 22.2. The highest BCUT2D eigenvalue weighted by molar-refractivity contribution is 7.16. The Kier molecular flexibility index (Phi) is 3.40. The molecule has 1 aliphatic heterocycles. The molecule has 0 N–H and O–H groups in total. The molecule has 2 heterocycles. The molecular weight excluding hydrogens is 262 g/mol. The molecule has 0 aromatic carbocycles. The Morgan fingerprint density at radius 3 is 3.11 bits per heavy atom. The lowest BCUT2D eigenvalue weighted by molar-refractivity contribution is -0.117. The fourth-order valence-corrected chi connectivity index (χ4v) is 3.87. The monoisotopic (exact) mass is 277 g/mol. The maximum Gasteiger partial charge on any atom is 0.229 e. The Morgan fingerprint density at radius 2 is 2.32 bits per heavy atom. The maximum absolute atomic E-state index is 12.0. The highest BCUT2D eigenvalue weighted by atomic mass is 32.1. The molecule has 1 unspecified atom stereocenters. The minimum atomic E-state index is 0.101. The molecule has 1 fully saturated rings. The van der Waals surface area contributed by atoms with Crippen molar-refractivity contribution in [3.63, 3.8) is 0 Å². The van der Waals surface area contributed by atoms with Crippen molar-refractivity contribution in [2.45, 2.75) is 32.1 Å². The number of anilines is 1. The lowest BCUT2D eigenvalue weighted by atomic mass is 10.0. The summed E-state index contributed by atoms with van der Waals surface area (Å²) >= 11 is 1.65. The van der Waals surface area contributed by atoms with Crippen LogP contribution in [0.2, 0.25) is 0 Å². The van der Waals surface area contributed by atoms with Gasteiger partial charge in [0, 0.05) is 29.3 Å². The number of fused-ring (bicyclic) bond motifs is 1. The van der Waals surface area contributed by atoms with Crippen molar-refractivity contribution in [3.8, 4) is 0 Å². The van der Waals surface area contributed by atoms with Crippen LogP contribution in [0.3, 0.4) is 0 Å². The van der Waals surface area contributed by atoms with E-state index in [1.165, 1.54) is 23.4 Å². The first-order valence-electron chi connectivity index (χ1n) is 6.57. The molecule has 2 aliphatic rings. The van der Waals surface area contributed by atoms with Crippen LogP contribution in [-0.4, -0.2) is 24.0 Å². The molecule has 6 nitrogen and oxygen atoms in total. The number of thiazole rings is 1. The van der Waals surface area contributed by atoms with E-state index in [4.69, 9.17) is 5.53 Å². The van der Waals surface area contributed by atoms with Crippen LogP contribution >= 0.6 is 11.3 Å². The van der Waals surface area contributed by atoms with E-state index >= 15 is 0 Å². The Bertz CT molecular complexity index is 525. The largest absolute Gasteiger partial charge is 0.288 e. The smallest absolute Gasteiger partial charge is 0.229 e. The van der Waals surface area contributed by atoms with E-state index in [1.807, 2.05) is 0 Å². The second kappa shape index (κ2) is 5.19. The first kappa shape index (κ1) is 12.4. The minimum Gasteiger partial charge on any atom is -0.288 e. The van der Waals surface area contributed by atoms with Gasteiger partial charge in [-0.05, 0) is 37.1 Å². The quantitative estimate of drug-likeness (QED) is 0.483. The van der Waals surface area contributed by atoms with E-state index in [-0.39, 0.29) is 11.8 Å². The van der Waals surface area contributed by atoms with E-state index in [0.717, 1.165) is 18.0 Å². The molecule has 1 aromatic heterocycles. The number of aryl methyl sites for hydroxylation is 2. The van der Waals surface area contributed by atoms with E-state index in [0.29, 0.717) is 19.5 Å². The van der Waals surface area contributed by atoms with Crippen molar-refractivity contribution < 1.29 is 4.79 Å². The van der Waals surface area contributed by atoms with Gasteiger partial charge in [-0.3, -0.25) is 9.69 Å². The molecule has 0 spiro atoms. The molecule has 1 aliphatic carbocycles. The summed E-state index contributed by atoms with van der Waals surface area (Å²) < 4.78 is 0. The average molecular weight is 277 g/mol. The summed E-state index contributed by atoms with van der Waals surface area (Å²) in [6.45, 7) is 1.02. The highest BCUT2D eigenvalue weighted by Crippen LogP contribution is 2.34. The lowest BCUT2D eigenvalue weighted by Gasteiger charge is -2.11. The van der Waals surface area contributed by atoms with Gasteiger partial charge in [0.15, 0.2) is 5.13 Å². The number of carbonyl (C=O) groups is 1. The number of carbonyl (C=O) groups excluding carboxylic acids is 1. The summed E-state index contributed by atoms with van der Waals surface area (Å²) in [6.07, 6.45) is 5.02. The molecule has 1 atom stereocenters. The lowest BCUT2D eigenvalue weighted by Crippen LogP contribution is -2.24. The van der Waals surface area contributed by atoms with Gasteiger partial charge in [0.2, 0.25) is 5.91 Å². The Balaban J connectivity index is 1.76. The third-order valence-corrected chi connectivity index (χ3v) is 4.85. The van der Waals surface area contributed by atoms with Gasteiger partial charge >= 0.3 is 0 Å². The van der Waals surface area contributed by atoms with Crippen LogP contribution in [0.25, 0.3) is 10.4 Å². The van der Waals surface area contributed by atoms with Crippen LogP contribution in [-0.2, 0) is 17.6 Å². The number of nitrogens with zero attached hydrogens (tertiary/aromatic N) is 5. The molecule has 0 radical (unpaired) electrons. The summed E-state index contributed by atoms with van der Waals surface area (Å²) in [6, 6.07) is 0. The molecular formula is C12H15N5OS. The standard InChI is InChI=1S/C12H15N5OS/c13-16-14-6-8-5-11(18)17(7-8)12-15-9-3-1-2-4-10(9)19-12/h8H,1-7H2. The van der Waals surface area contributed by atoms with Crippen LogP contribution < -0.4 is 4.90 Å². The highest BCUT2D eigenvalue weighted by Gasteiger charge is 2.32. The number of amides is 1. The second-order valence-corrected chi connectivity index (χ2v) is 6.12. The number of hydrogen-bond acceptors (Lipinski definition) is 4. The Morgan fingerprint density at radius 1 is 1.47 bits per heavy atom. The molecule has 1 amide bonds. The van der Waals surface area contributed by atoms with E-state index < -0.39 is 0 Å². The Hall–Kier alpha value is -1.59.